The molecule has 0 saturated heterocycles. The average Bonchev–Trinajstić information content (AvgIpc) is 2.37. The maximum atomic E-state index is 3.23. The summed E-state index contributed by atoms with van der Waals surface area (Å²) < 4.78 is 0. The van der Waals surface area contributed by atoms with Gasteiger partial charge in [0.2, 0.25) is 0 Å². The molecule has 0 saturated carbocycles. The van der Waals surface area contributed by atoms with E-state index in [-0.39, 0.29) is 0 Å². The van der Waals surface area contributed by atoms with Crippen molar-refractivity contribution in [2.24, 2.45) is 5.92 Å². The molecule has 86 valence electrons. The van der Waals surface area contributed by atoms with Crippen LogP contribution in [0.15, 0.2) is 36.4 Å². The smallest absolute Gasteiger partial charge is 0.00923 e. The third kappa shape index (κ3) is 2.29. The maximum Gasteiger partial charge on any atom is 0.00923 e. The zero-order valence-corrected chi connectivity index (χ0v) is 10.2. The highest BCUT2D eigenvalue weighted by molar-refractivity contribution is 5.37. The SMILES string of the molecule is C1#CCCCC2Cc3ccccc3C(C=C1)C2. The molecule has 2 unspecified atom stereocenters. The van der Waals surface area contributed by atoms with E-state index in [1.54, 1.807) is 5.56 Å². The number of allylic oxidation sites excluding steroid dienone is 2. The van der Waals surface area contributed by atoms with Crippen LogP contribution in [0.5, 0.6) is 0 Å². The minimum absolute atomic E-state index is 0.595. The maximum absolute atomic E-state index is 3.23. The van der Waals surface area contributed by atoms with E-state index in [4.69, 9.17) is 0 Å². The van der Waals surface area contributed by atoms with Crippen molar-refractivity contribution >= 4 is 0 Å². The Labute approximate surface area is 104 Å². The molecule has 2 bridgehead atoms. The standard InChI is InChI=1S/C17H18/c1-2-4-8-14-12-15(9-5-3-1)17-11-7-6-10-16(17)13-14/h5-7,9-11,14-15H,2,4,8,12-13H2. The Morgan fingerprint density at radius 2 is 2.12 bits per heavy atom. The van der Waals surface area contributed by atoms with Crippen LogP contribution in [-0.4, -0.2) is 0 Å². The molecular weight excluding hydrogens is 204 g/mol. The van der Waals surface area contributed by atoms with Gasteiger partial charge < -0.3 is 0 Å². The van der Waals surface area contributed by atoms with E-state index in [9.17, 15) is 0 Å². The lowest BCUT2D eigenvalue weighted by Gasteiger charge is -2.30. The van der Waals surface area contributed by atoms with Gasteiger partial charge in [-0.3, -0.25) is 0 Å². The Bertz CT molecular complexity index is 484. The van der Waals surface area contributed by atoms with Crippen LogP contribution < -0.4 is 0 Å². The van der Waals surface area contributed by atoms with Gasteiger partial charge in [0.05, 0.1) is 0 Å². The predicted molar refractivity (Wildman–Crippen MR) is 71.8 cm³/mol. The Kier molecular flexibility index (Phi) is 3.01. The van der Waals surface area contributed by atoms with Crippen molar-refractivity contribution < 1.29 is 0 Å². The largest absolute Gasteiger partial charge is 0.0985 e. The lowest BCUT2D eigenvalue weighted by Crippen LogP contribution is -2.17. The second-order valence-corrected chi connectivity index (χ2v) is 5.18. The number of hydrogen-bond acceptors (Lipinski definition) is 0. The Balaban J connectivity index is 1.98. The summed E-state index contributed by atoms with van der Waals surface area (Å²) in [6.45, 7) is 0. The highest BCUT2D eigenvalue weighted by Gasteiger charge is 2.24. The molecule has 1 aromatic rings. The van der Waals surface area contributed by atoms with E-state index in [2.05, 4.69) is 48.3 Å². The first-order valence-electron chi connectivity index (χ1n) is 6.66. The molecule has 0 heteroatoms. The van der Waals surface area contributed by atoms with Crippen LogP contribution in [0.4, 0.5) is 0 Å². The van der Waals surface area contributed by atoms with Gasteiger partial charge in [0.1, 0.15) is 0 Å². The second kappa shape index (κ2) is 4.80. The first-order chi connectivity index (χ1) is 8.43. The van der Waals surface area contributed by atoms with Crippen LogP contribution in [0, 0.1) is 17.8 Å². The fourth-order valence-electron chi connectivity index (χ4n) is 3.14. The summed E-state index contributed by atoms with van der Waals surface area (Å²) in [5, 5.41) is 0. The summed E-state index contributed by atoms with van der Waals surface area (Å²) in [5.74, 6) is 7.85. The van der Waals surface area contributed by atoms with Gasteiger partial charge in [-0.15, -0.1) is 0 Å². The molecule has 3 rings (SSSR count). The summed E-state index contributed by atoms with van der Waals surface area (Å²) >= 11 is 0. The molecule has 0 radical (unpaired) electrons. The lowest BCUT2D eigenvalue weighted by atomic mass is 9.75. The van der Waals surface area contributed by atoms with Gasteiger partial charge >= 0.3 is 0 Å². The molecule has 0 heterocycles. The topological polar surface area (TPSA) is 0 Å². The predicted octanol–water partition coefficient (Wildman–Crippen LogP) is 4.08. The summed E-state index contributed by atoms with van der Waals surface area (Å²) in [6, 6.07) is 8.94. The fourth-order valence-corrected chi connectivity index (χ4v) is 3.14. The second-order valence-electron chi connectivity index (χ2n) is 5.18. The molecule has 2 aliphatic rings. The molecule has 17 heavy (non-hydrogen) atoms. The molecule has 0 aromatic heterocycles. The number of benzene rings is 1. The van der Waals surface area contributed by atoms with Gasteiger partial charge in [-0.05, 0) is 48.8 Å². The first kappa shape index (κ1) is 10.7. The summed E-state index contributed by atoms with van der Waals surface area (Å²) in [5.41, 5.74) is 3.09. The molecule has 0 spiro atoms. The van der Waals surface area contributed by atoms with Gasteiger partial charge in [0.15, 0.2) is 0 Å². The van der Waals surface area contributed by atoms with E-state index in [1.165, 1.54) is 31.2 Å². The molecule has 1 aromatic carbocycles. The van der Waals surface area contributed by atoms with Crippen LogP contribution in [0.1, 0.15) is 42.7 Å². The van der Waals surface area contributed by atoms with E-state index in [0.717, 1.165) is 12.3 Å². The van der Waals surface area contributed by atoms with Crippen molar-refractivity contribution in [1.82, 2.24) is 0 Å². The monoisotopic (exact) mass is 222 g/mol. The van der Waals surface area contributed by atoms with Crippen molar-refractivity contribution in [1.29, 1.82) is 0 Å². The molecule has 0 nitrogen and oxygen atoms in total. The lowest BCUT2D eigenvalue weighted by molar-refractivity contribution is 0.397. The van der Waals surface area contributed by atoms with Crippen LogP contribution >= 0.6 is 0 Å². The van der Waals surface area contributed by atoms with Crippen LogP contribution in [0.2, 0.25) is 0 Å². The minimum atomic E-state index is 0.595. The Morgan fingerprint density at radius 3 is 3.12 bits per heavy atom. The van der Waals surface area contributed by atoms with Gasteiger partial charge in [0, 0.05) is 12.3 Å². The molecule has 0 aliphatic heterocycles. The van der Waals surface area contributed by atoms with Crippen LogP contribution in [0.3, 0.4) is 0 Å². The molecule has 2 aliphatic carbocycles. The van der Waals surface area contributed by atoms with E-state index in [1.807, 2.05) is 0 Å². The van der Waals surface area contributed by atoms with Gasteiger partial charge in [-0.25, -0.2) is 0 Å². The van der Waals surface area contributed by atoms with Crippen molar-refractivity contribution in [2.75, 3.05) is 0 Å². The van der Waals surface area contributed by atoms with Crippen LogP contribution in [-0.2, 0) is 6.42 Å². The first-order valence-corrected chi connectivity index (χ1v) is 6.66. The van der Waals surface area contributed by atoms with Crippen molar-refractivity contribution in [3.8, 4) is 11.8 Å². The Morgan fingerprint density at radius 1 is 1.18 bits per heavy atom. The van der Waals surface area contributed by atoms with Gasteiger partial charge in [0.25, 0.3) is 0 Å². The summed E-state index contributed by atoms with van der Waals surface area (Å²) in [6.07, 6.45) is 10.6. The molecular formula is C17H18. The Hall–Kier alpha value is -1.48. The summed E-state index contributed by atoms with van der Waals surface area (Å²) in [4.78, 5) is 0. The van der Waals surface area contributed by atoms with Gasteiger partial charge in [-0.1, -0.05) is 42.2 Å². The molecule has 0 fully saturated rings. The zero-order valence-electron chi connectivity index (χ0n) is 10.2. The average molecular weight is 222 g/mol. The van der Waals surface area contributed by atoms with Crippen LogP contribution in [0.25, 0.3) is 0 Å². The molecule has 2 atom stereocenters. The molecule has 0 N–H and O–H groups in total. The number of rotatable bonds is 0. The highest BCUT2D eigenvalue weighted by Crippen LogP contribution is 2.37. The van der Waals surface area contributed by atoms with E-state index in [0.29, 0.717) is 5.92 Å². The third-order valence-electron chi connectivity index (χ3n) is 3.98. The zero-order chi connectivity index (χ0) is 11.5. The number of hydrogen-bond donors (Lipinski definition) is 0. The third-order valence-corrected chi connectivity index (χ3v) is 3.98. The van der Waals surface area contributed by atoms with E-state index < -0.39 is 0 Å². The van der Waals surface area contributed by atoms with Gasteiger partial charge in [-0.2, -0.15) is 0 Å². The van der Waals surface area contributed by atoms with Crippen molar-refractivity contribution in [2.45, 2.75) is 38.0 Å². The minimum Gasteiger partial charge on any atom is -0.0985 e. The molecule has 0 amide bonds. The summed E-state index contributed by atoms with van der Waals surface area (Å²) in [7, 11) is 0. The van der Waals surface area contributed by atoms with Crippen molar-refractivity contribution in [3.63, 3.8) is 0 Å². The van der Waals surface area contributed by atoms with E-state index >= 15 is 0 Å². The highest BCUT2D eigenvalue weighted by atomic mass is 14.3. The fraction of sp³-hybridized carbons (Fsp3) is 0.412. The quantitative estimate of drug-likeness (QED) is 0.580. The van der Waals surface area contributed by atoms with Crippen molar-refractivity contribution in [3.05, 3.63) is 47.5 Å². The number of fused-ring (bicyclic) bond motifs is 4. The normalized spacial score (nSPS) is 26.6.